The molecule has 3 aromatic heterocycles. The molecule has 10 heteroatoms. The molecule has 5 rings (SSSR count). The minimum atomic E-state index is 0.357. The van der Waals surface area contributed by atoms with Crippen LogP contribution in [-0.2, 0) is 11.8 Å². The number of methoxy groups -OCH3 is 1. The summed E-state index contributed by atoms with van der Waals surface area (Å²) >= 11 is 0. The van der Waals surface area contributed by atoms with E-state index in [1.54, 1.807) is 13.4 Å². The van der Waals surface area contributed by atoms with Crippen LogP contribution in [0.1, 0.15) is 32.6 Å². The van der Waals surface area contributed by atoms with E-state index in [2.05, 4.69) is 25.9 Å². The smallest absolute Gasteiger partial charge is 0.247 e. The Balaban J connectivity index is 1.42. The van der Waals surface area contributed by atoms with E-state index >= 15 is 0 Å². The number of anilines is 3. The van der Waals surface area contributed by atoms with Crippen LogP contribution in [0.4, 0.5) is 17.5 Å². The Labute approximate surface area is 198 Å². The number of ether oxygens (including phenoxy) is 2. The Kier molecular flexibility index (Phi) is 6.31. The zero-order valence-electron chi connectivity index (χ0n) is 19.7. The number of nitrogens with one attached hydrogen (secondary N) is 2. The quantitative estimate of drug-likeness (QED) is 0.404. The summed E-state index contributed by atoms with van der Waals surface area (Å²) in [7, 11) is 3.71. The highest BCUT2D eigenvalue weighted by atomic mass is 16.5. The third kappa shape index (κ3) is 4.54. The van der Waals surface area contributed by atoms with Crippen LogP contribution < -0.4 is 15.4 Å². The fourth-order valence-corrected chi connectivity index (χ4v) is 4.43. The lowest BCUT2D eigenvalue weighted by Gasteiger charge is -2.28. The molecule has 3 heterocycles. The summed E-state index contributed by atoms with van der Waals surface area (Å²) in [6, 6.07) is 10.2. The third-order valence-electron chi connectivity index (χ3n) is 6.24. The van der Waals surface area contributed by atoms with Gasteiger partial charge in [0, 0.05) is 32.0 Å². The van der Waals surface area contributed by atoms with Gasteiger partial charge in [-0.2, -0.15) is 4.98 Å². The largest absolute Gasteiger partial charge is 0.492 e. The lowest BCUT2D eigenvalue weighted by atomic mass is 9.93. The second-order valence-electron chi connectivity index (χ2n) is 8.51. The molecule has 0 radical (unpaired) electrons. The molecule has 0 aliphatic heterocycles. The van der Waals surface area contributed by atoms with Gasteiger partial charge in [0.05, 0.1) is 18.4 Å². The van der Waals surface area contributed by atoms with Crippen LogP contribution in [0.3, 0.4) is 0 Å². The van der Waals surface area contributed by atoms with Crippen LogP contribution >= 0.6 is 0 Å². The lowest BCUT2D eigenvalue weighted by molar-refractivity contribution is 0.0681. The van der Waals surface area contributed by atoms with Gasteiger partial charge in [-0.05, 0) is 62.9 Å². The lowest BCUT2D eigenvalue weighted by Crippen LogP contribution is -2.29. The number of benzene rings is 1. The summed E-state index contributed by atoms with van der Waals surface area (Å²) in [5.41, 5.74) is 2.65. The number of hydrogen-bond acceptors (Lipinski definition) is 8. The maximum absolute atomic E-state index is 5.92. The van der Waals surface area contributed by atoms with Crippen molar-refractivity contribution in [3.05, 3.63) is 42.9 Å². The molecule has 0 unspecified atom stereocenters. The van der Waals surface area contributed by atoms with Gasteiger partial charge >= 0.3 is 0 Å². The predicted octanol–water partition coefficient (Wildman–Crippen LogP) is 4.04. The average Bonchev–Trinajstić information content (AvgIpc) is 3.50. The molecular weight excluding hydrogens is 432 g/mol. The molecule has 1 aliphatic rings. The van der Waals surface area contributed by atoms with Gasteiger partial charge in [0.1, 0.15) is 17.6 Å². The first-order chi connectivity index (χ1) is 16.6. The fraction of sp³-hybridized carbons (Fsp3) is 0.417. The van der Waals surface area contributed by atoms with E-state index in [1.807, 2.05) is 59.6 Å². The van der Waals surface area contributed by atoms with Crippen LogP contribution in [0, 0.1) is 0 Å². The van der Waals surface area contributed by atoms with Gasteiger partial charge in [0.15, 0.2) is 11.6 Å². The molecule has 1 saturated carbocycles. The Morgan fingerprint density at radius 2 is 2.00 bits per heavy atom. The van der Waals surface area contributed by atoms with Gasteiger partial charge in [0.25, 0.3) is 0 Å². The van der Waals surface area contributed by atoms with Gasteiger partial charge in [-0.1, -0.05) is 0 Å². The van der Waals surface area contributed by atoms with E-state index in [-0.39, 0.29) is 0 Å². The van der Waals surface area contributed by atoms with Crippen molar-refractivity contribution in [1.82, 2.24) is 29.4 Å². The fourth-order valence-electron chi connectivity index (χ4n) is 4.43. The highest BCUT2D eigenvalue weighted by molar-refractivity contribution is 5.73. The van der Waals surface area contributed by atoms with Crippen molar-refractivity contribution < 1.29 is 9.47 Å². The Morgan fingerprint density at radius 1 is 1.15 bits per heavy atom. The molecular formula is C24H30N8O2. The zero-order valence-corrected chi connectivity index (χ0v) is 19.7. The van der Waals surface area contributed by atoms with Gasteiger partial charge in [0.2, 0.25) is 5.95 Å². The zero-order chi connectivity index (χ0) is 23.5. The Hall–Kier alpha value is -3.66. The predicted molar refractivity (Wildman–Crippen MR) is 131 cm³/mol. The van der Waals surface area contributed by atoms with E-state index in [9.17, 15) is 0 Å². The molecule has 4 aromatic rings. The molecule has 34 heavy (non-hydrogen) atoms. The van der Waals surface area contributed by atoms with E-state index in [1.165, 1.54) is 0 Å². The molecule has 0 spiro atoms. The summed E-state index contributed by atoms with van der Waals surface area (Å²) in [6.45, 7) is 2.49. The van der Waals surface area contributed by atoms with Gasteiger partial charge in [-0.3, -0.25) is 0 Å². The summed E-state index contributed by atoms with van der Waals surface area (Å²) < 4.78 is 15.2. The molecule has 0 amide bonds. The topological polar surface area (TPSA) is 103 Å². The highest BCUT2D eigenvalue weighted by Crippen LogP contribution is 2.32. The first kappa shape index (κ1) is 22.1. The van der Waals surface area contributed by atoms with Crippen LogP contribution in [0.25, 0.3) is 16.9 Å². The first-order valence-electron chi connectivity index (χ1n) is 11.7. The molecule has 0 atom stereocenters. The average molecular weight is 463 g/mol. The van der Waals surface area contributed by atoms with Crippen LogP contribution in [-0.4, -0.2) is 55.2 Å². The second kappa shape index (κ2) is 9.68. The second-order valence-corrected chi connectivity index (χ2v) is 8.51. The van der Waals surface area contributed by atoms with Gasteiger partial charge < -0.3 is 24.7 Å². The highest BCUT2D eigenvalue weighted by Gasteiger charge is 2.22. The molecule has 0 saturated heterocycles. The van der Waals surface area contributed by atoms with Gasteiger partial charge in [-0.15, -0.1) is 15.3 Å². The van der Waals surface area contributed by atoms with Gasteiger partial charge in [-0.25, -0.2) is 4.52 Å². The number of aromatic nitrogens is 6. The Bertz CT molecular complexity index is 1260. The van der Waals surface area contributed by atoms with Crippen molar-refractivity contribution in [2.75, 3.05) is 24.4 Å². The molecule has 2 N–H and O–H groups in total. The number of hydrogen-bond donors (Lipinski definition) is 2. The van der Waals surface area contributed by atoms with Crippen LogP contribution in [0.15, 0.2) is 42.9 Å². The minimum absolute atomic E-state index is 0.357. The van der Waals surface area contributed by atoms with Crippen LogP contribution in [0.5, 0.6) is 5.75 Å². The van der Waals surface area contributed by atoms with Crippen molar-refractivity contribution in [3.63, 3.8) is 0 Å². The molecule has 1 aromatic carbocycles. The van der Waals surface area contributed by atoms with Crippen LogP contribution in [0.2, 0.25) is 0 Å². The van der Waals surface area contributed by atoms with Crippen molar-refractivity contribution >= 4 is 23.0 Å². The maximum Gasteiger partial charge on any atom is 0.247 e. The molecule has 178 valence electrons. The number of aryl methyl sites for hydroxylation is 1. The Morgan fingerprint density at radius 3 is 2.74 bits per heavy atom. The number of rotatable bonds is 8. The summed E-state index contributed by atoms with van der Waals surface area (Å²) in [5.74, 6) is 2.78. The number of fused-ring (bicyclic) bond motifs is 1. The third-order valence-corrected chi connectivity index (χ3v) is 6.24. The summed E-state index contributed by atoms with van der Waals surface area (Å²) in [6.07, 6.45) is 8.17. The van der Waals surface area contributed by atoms with E-state index in [0.29, 0.717) is 30.5 Å². The van der Waals surface area contributed by atoms with Crippen molar-refractivity contribution in [2.24, 2.45) is 7.05 Å². The normalized spacial score (nSPS) is 18.2. The van der Waals surface area contributed by atoms with E-state index in [4.69, 9.17) is 14.5 Å². The standard InChI is InChI=1S/C24H30N8O2/c1-4-34-21-14-16(23-29-25-15-31(23)2)7-12-19(21)27-24-28-22(20-6-5-13-32(20)30-24)26-17-8-10-18(33-3)11-9-17/h5-7,12-15,17-18H,4,8-11H2,1-3H3,(H2,26,27,28,30). The molecule has 10 nitrogen and oxygen atoms in total. The van der Waals surface area contributed by atoms with E-state index < -0.39 is 0 Å². The summed E-state index contributed by atoms with van der Waals surface area (Å²) in [4.78, 5) is 4.82. The van der Waals surface area contributed by atoms with Crippen molar-refractivity contribution in [3.8, 4) is 17.1 Å². The number of nitrogens with zero attached hydrogens (tertiary/aromatic N) is 6. The first-order valence-corrected chi connectivity index (χ1v) is 11.7. The van der Waals surface area contributed by atoms with Crippen molar-refractivity contribution in [1.29, 1.82) is 0 Å². The minimum Gasteiger partial charge on any atom is -0.492 e. The monoisotopic (exact) mass is 462 g/mol. The maximum atomic E-state index is 5.92. The van der Waals surface area contributed by atoms with E-state index in [0.717, 1.165) is 54.1 Å². The SMILES string of the molecule is CCOc1cc(-c2nncn2C)ccc1Nc1nc(NC2CCC(OC)CC2)c2cccn2n1. The molecule has 1 fully saturated rings. The molecule has 0 bridgehead atoms. The summed E-state index contributed by atoms with van der Waals surface area (Å²) in [5, 5.41) is 19.8. The molecule has 1 aliphatic carbocycles. The van der Waals surface area contributed by atoms with Crippen molar-refractivity contribution in [2.45, 2.75) is 44.8 Å².